The summed E-state index contributed by atoms with van der Waals surface area (Å²) in [5, 5.41) is 8.34. The van der Waals surface area contributed by atoms with Gasteiger partial charge in [-0.3, -0.25) is 4.79 Å². The molecule has 0 atom stereocenters. The van der Waals surface area contributed by atoms with Gasteiger partial charge < -0.3 is 9.64 Å². The minimum atomic E-state index is -0.0559. The molecule has 0 radical (unpaired) electrons. The third-order valence-corrected chi connectivity index (χ3v) is 4.14. The predicted octanol–water partition coefficient (Wildman–Crippen LogP) is 3.52. The molecular formula is C19H22N4O2. The van der Waals surface area contributed by atoms with Crippen molar-refractivity contribution < 1.29 is 9.53 Å². The Morgan fingerprint density at radius 2 is 1.92 bits per heavy atom. The zero-order valence-corrected chi connectivity index (χ0v) is 14.8. The van der Waals surface area contributed by atoms with Gasteiger partial charge in [-0.2, -0.15) is 0 Å². The third kappa shape index (κ3) is 3.33. The number of aromatic nitrogens is 3. The number of ether oxygens (including phenoxy) is 1. The van der Waals surface area contributed by atoms with Crippen LogP contribution in [0.25, 0.3) is 11.0 Å². The average Bonchev–Trinajstić information content (AvgIpc) is 3.05. The van der Waals surface area contributed by atoms with Crippen molar-refractivity contribution in [3.05, 3.63) is 48.0 Å². The van der Waals surface area contributed by atoms with Gasteiger partial charge in [0, 0.05) is 24.3 Å². The van der Waals surface area contributed by atoms with Crippen LogP contribution >= 0.6 is 0 Å². The monoisotopic (exact) mass is 338 g/mol. The van der Waals surface area contributed by atoms with Crippen LogP contribution in [0.4, 0.5) is 5.69 Å². The summed E-state index contributed by atoms with van der Waals surface area (Å²) in [6.07, 6.45) is 0.986. The summed E-state index contributed by atoms with van der Waals surface area (Å²) in [6.45, 7) is 5.44. The van der Waals surface area contributed by atoms with E-state index in [-0.39, 0.29) is 5.91 Å². The summed E-state index contributed by atoms with van der Waals surface area (Å²) in [5.41, 5.74) is 3.13. The molecule has 6 nitrogen and oxygen atoms in total. The molecule has 0 saturated heterocycles. The summed E-state index contributed by atoms with van der Waals surface area (Å²) in [7, 11) is 1.62. The summed E-state index contributed by atoms with van der Waals surface area (Å²) >= 11 is 0. The summed E-state index contributed by atoms with van der Waals surface area (Å²) in [5.74, 6) is 0.709. The Labute approximate surface area is 147 Å². The Balaban J connectivity index is 1.90. The fourth-order valence-corrected chi connectivity index (χ4v) is 2.84. The van der Waals surface area contributed by atoms with E-state index in [4.69, 9.17) is 4.74 Å². The molecule has 1 aromatic heterocycles. The van der Waals surface area contributed by atoms with Crippen LogP contribution in [-0.4, -0.2) is 34.6 Å². The first-order valence-electron chi connectivity index (χ1n) is 8.47. The molecule has 25 heavy (non-hydrogen) atoms. The van der Waals surface area contributed by atoms with Crippen LogP contribution in [0.2, 0.25) is 0 Å². The van der Waals surface area contributed by atoms with Gasteiger partial charge in [-0.25, -0.2) is 4.68 Å². The Kier molecular flexibility index (Phi) is 4.97. The average molecular weight is 338 g/mol. The van der Waals surface area contributed by atoms with Crippen molar-refractivity contribution in [1.82, 2.24) is 15.0 Å². The molecule has 3 aromatic rings. The molecule has 2 aromatic carbocycles. The molecule has 0 aliphatic carbocycles. The van der Waals surface area contributed by atoms with Crippen molar-refractivity contribution in [2.24, 2.45) is 0 Å². The number of rotatable bonds is 6. The molecule has 0 bridgehead atoms. The van der Waals surface area contributed by atoms with Crippen molar-refractivity contribution in [3.8, 4) is 5.75 Å². The van der Waals surface area contributed by atoms with Crippen LogP contribution in [0.3, 0.4) is 0 Å². The molecule has 0 fully saturated rings. The van der Waals surface area contributed by atoms with E-state index in [0.717, 1.165) is 35.4 Å². The fraction of sp³-hybridized carbons (Fsp3) is 0.316. The molecule has 0 saturated carbocycles. The van der Waals surface area contributed by atoms with Gasteiger partial charge in [0.2, 0.25) is 0 Å². The zero-order valence-electron chi connectivity index (χ0n) is 14.8. The lowest BCUT2D eigenvalue weighted by atomic mass is 10.1. The minimum Gasteiger partial charge on any atom is -0.497 e. The maximum absolute atomic E-state index is 12.9. The zero-order chi connectivity index (χ0) is 17.8. The highest BCUT2D eigenvalue weighted by molar-refractivity contribution is 6.07. The summed E-state index contributed by atoms with van der Waals surface area (Å²) in [6, 6.07) is 13.0. The smallest absolute Gasteiger partial charge is 0.258 e. The Bertz CT molecular complexity index is 871. The fourth-order valence-electron chi connectivity index (χ4n) is 2.84. The van der Waals surface area contributed by atoms with Crippen molar-refractivity contribution >= 4 is 22.6 Å². The van der Waals surface area contributed by atoms with E-state index < -0.39 is 0 Å². The normalized spacial score (nSPS) is 10.8. The lowest BCUT2D eigenvalue weighted by Crippen LogP contribution is -2.30. The second-order valence-corrected chi connectivity index (χ2v) is 5.76. The van der Waals surface area contributed by atoms with E-state index in [1.807, 2.05) is 54.1 Å². The molecular weight excluding hydrogens is 316 g/mol. The number of aryl methyl sites for hydroxylation is 1. The molecule has 3 rings (SSSR count). The van der Waals surface area contributed by atoms with Gasteiger partial charge in [-0.05, 0) is 55.8 Å². The second-order valence-electron chi connectivity index (χ2n) is 5.76. The Hall–Kier alpha value is -2.89. The van der Waals surface area contributed by atoms with Crippen molar-refractivity contribution in [1.29, 1.82) is 0 Å². The van der Waals surface area contributed by atoms with Crippen molar-refractivity contribution in [3.63, 3.8) is 0 Å². The van der Waals surface area contributed by atoms with E-state index in [2.05, 4.69) is 17.2 Å². The van der Waals surface area contributed by atoms with E-state index in [9.17, 15) is 4.79 Å². The number of methoxy groups -OCH3 is 1. The number of fused-ring (bicyclic) bond motifs is 1. The first kappa shape index (κ1) is 17.0. The number of carbonyl (C=O) groups is 1. The number of hydrogen-bond donors (Lipinski definition) is 0. The van der Waals surface area contributed by atoms with Gasteiger partial charge in [-0.1, -0.05) is 12.1 Å². The van der Waals surface area contributed by atoms with Crippen LogP contribution < -0.4 is 9.64 Å². The van der Waals surface area contributed by atoms with Crippen molar-refractivity contribution in [2.45, 2.75) is 26.8 Å². The van der Waals surface area contributed by atoms with Crippen LogP contribution in [0.15, 0.2) is 42.5 Å². The Morgan fingerprint density at radius 3 is 2.56 bits per heavy atom. The standard InChI is InChI=1S/C19H22N4O2/c1-4-12-23-18-11-6-14(13-17(18)20-21-23)19(24)22(5-2)15-7-9-16(25-3)10-8-15/h6-11,13H,4-5,12H2,1-3H3. The van der Waals surface area contributed by atoms with Crippen LogP contribution in [0, 0.1) is 0 Å². The predicted molar refractivity (Wildman–Crippen MR) is 98.2 cm³/mol. The van der Waals surface area contributed by atoms with Gasteiger partial charge in [0.05, 0.1) is 12.6 Å². The first-order chi connectivity index (χ1) is 12.2. The maximum Gasteiger partial charge on any atom is 0.258 e. The molecule has 1 amide bonds. The van der Waals surface area contributed by atoms with Crippen LogP contribution in [0.1, 0.15) is 30.6 Å². The van der Waals surface area contributed by atoms with Gasteiger partial charge in [0.1, 0.15) is 11.3 Å². The first-order valence-corrected chi connectivity index (χ1v) is 8.47. The molecule has 0 N–H and O–H groups in total. The number of hydrogen-bond acceptors (Lipinski definition) is 4. The van der Waals surface area contributed by atoms with Gasteiger partial charge in [0.15, 0.2) is 0 Å². The lowest BCUT2D eigenvalue weighted by molar-refractivity contribution is 0.0988. The summed E-state index contributed by atoms with van der Waals surface area (Å²) in [4.78, 5) is 14.7. The molecule has 0 spiro atoms. The van der Waals surface area contributed by atoms with E-state index >= 15 is 0 Å². The van der Waals surface area contributed by atoms with Crippen molar-refractivity contribution in [2.75, 3.05) is 18.6 Å². The highest BCUT2D eigenvalue weighted by Crippen LogP contribution is 2.22. The quantitative estimate of drug-likeness (QED) is 0.690. The number of carbonyl (C=O) groups excluding carboxylic acids is 1. The van der Waals surface area contributed by atoms with Gasteiger partial charge in [-0.15, -0.1) is 5.10 Å². The lowest BCUT2D eigenvalue weighted by Gasteiger charge is -2.21. The van der Waals surface area contributed by atoms with E-state index in [1.165, 1.54) is 0 Å². The highest BCUT2D eigenvalue weighted by Gasteiger charge is 2.17. The van der Waals surface area contributed by atoms with Crippen LogP contribution in [0.5, 0.6) is 5.75 Å². The number of anilines is 1. The number of amides is 1. The van der Waals surface area contributed by atoms with Gasteiger partial charge >= 0.3 is 0 Å². The number of nitrogens with zero attached hydrogens (tertiary/aromatic N) is 4. The maximum atomic E-state index is 12.9. The molecule has 0 unspecified atom stereocenters. The van der Waals surface area contributed by atoms with E-state index in [0.29, 0.717) is 12.1 Å². The second kappa shape index (κ2) is 7.34. The Morgan fingerprint density at radius 1 is 1.16 bits per heavy atom. The molecule has 0 aliphatic heterocycles. The number of benzene rings is 2. The summed E-state index contributed by atoms with van der Waals surface area (Å²) < 4.78 is 7.04. The minimum absolute atomic E-state index is 0.0559. The van der Waals surface area contributed by atoms with Crippen LogP contribution in [-0.2, 0) is 6.54 Å². The SMILES string of the molecule is CCCn1nnc2cc(C(=O)N(CC)c3ccc(OC)cc3)ccc21. The van der Waals surface area contributed by atoms with Gasteiger partial charge in [0.25, 0.3) is 5.91 Å². The topological polar surface area (TPSA) is 60.2 Å². The largest absolute Gasteiger partial charge is 0.497 e. The molecule has 1 heterocycles. The molecule has 130 valence electrons. The molecule has 0 aliphatic rings. The third-order valence-electron chi connectivity index (χ3n) is 4.14. The highest BCUT2D eigenvalue weighted by atomic mass is 16.5. The van der Waals surface area contributed by atoms with E-state index in [1.54, 1.807) is 12.0 Å². The molecule has 6 heteroatoms.